The van der Waals surface area contributed by atoms with Crippen LogP contribution in [-0.4, -0.2) is 11.1 Å². The van der Waals surface area contributed by atoms with Crippen LogP contribution in [0.2, 0.25) is 0 Å². The highest BCUT2D eigenvalue weighted by molar-refractivity contribution is 5.72. The lowest BCUT2D eigenvalue weighted by atomic mass is 9.93. The number of carbonyl (C=O) groups is 1. The first-order chi connectivity index (χ1) is 4.75. The lowest BCUT2D eigenvalue weighted by molar-refractivity contribution is -0.143. The summed E-state index contributed by atoms with van der Waals surface area (Å²) in [6.45, 7) is 0. The highest BCUT2D eigenvalue weighted by atomic mass is 16.4. The topological polar surface area (TPSA) is 37.3 Å². The van der Waals surface area contributed by atoms with Gasteiger partial charge in [-0.25, -0.2) is 0 Å². The molecule has 1 spiro atoms. The Labute approximate surface area is 60.2 Å². The van der Waals surface area contributed by atoms with Crippen LogP contribution in [0.1, 0.15) is 32.1 Å². The minimum absolute atomic E-state index is 0.00694. The van der Waals surface area contributed by atoms with Crippen LogP contribution in [0.5, 0.6) is 0 Å². The van der Waals surface area contributed by atoms with Crippen molar-refractivity contribution in [1.82, 2.24) is 0 Å². The monoisotopic (exact) mass is 140 g/mol. The van der Waals surface area contributed by atoms with Crippen LogP contribution in [0, 0.1) is 11.3 Å². The van der Waals surface area contributed by atoms with Gasteiger partial charge < -0.3 is 5.11 Å². The number of hydrogen-bond acceptors (Lipinski definition) is 1. The summed E-state index contributed by atoms with van der Waals surface area (Å²) in [5.74, 6) is -0.553. The van der Waals surface area contributed by atoms with Crippen molar-refractivity contribution < 1.29 is 9.90 Å². The second-order valence-electron chi connectivity index (χ2n) is 3.65. The summed E-state index contributed by atoms with van der Waals surface area (Å²) in [6, 6.07) is 0. The van der Waals surface area contributed by atoms with E-state index in [-0.39, 0.29) is 11.3 Å². The van der Waals surface area contributed by atoms with E-state index in [1.807, 2.05) is 0 Å². The summed E-state index contributed by atoms with van der Waals surface area (Å²) in [6.07, 6.45) is 5.57. The molecule has 10 heavy (non-hydrogen) atoms. The van der Waals surface area contributed by atoms with E-state index in [1.54, 1.807) is 0 Å². The van der Waals surface area contributed by atoms with Gasteiger partial charge in [0.2, 0.25) is 0 Å². The van der Waals surface area contributed by atoms with Gasteiger partial charge in [0.1, 0.15) is 0 Å². The second kappa shape index (κ2) is 1.74. The van der Waals surface area contributed by atoms with E-state index in [4.69, 9.17) is 5.11 Å². The number of carboxylic acids is 1. The van der Waals surface area contributed by atoms with Gasteiger partial charge in [0.25, 0.3) is 0 Å². The molecule has 2 saturated carbocycles. The molecule has 2 aliphatic rings. The molecule has 1 atom stereocenters. The summed E-state index contributed by atoms with van der Waals surface area (Å²) in [7, 11) is 0. The fraction of sp³-hybridized carbons (Fsp3) is 0.875. The molecule has 0 saturated heterocycles. The van der Waals surface area contributed by atoms with Crippen LogP contribution in [-0.2, 0) is 4.79 Å². The third kappa shape index (κ3) is 0.678. The standard InChI is InChI=1S/C8H12O2/c9-7(10)6-2-1-3-8(6)4-5-8/h6H,1-5H2,(H,9,10). The highest BCUT2D eigenvalue weighted by Crippen LogP contribution is 2.61. The molecule has 2 rings (SSSR count). The normalized spacial score (nSPS) is 34.6. The second-order valence-corrected chi connectivity index (χ2v) is 3.65. The van der Waals surface area contributed by atoms with Crippen LogP contribution in [0.15, 0.2) is 0 Å². The molecule has 2 nitrogen and oxygen atoms in total. The fourth-order valence-electron chi connectivity index (χ4n) is 2.28. The number of hydrogen-bond donors (Lipinski definition) is 1. The molecule has 0 radical (unpaired) electrons. The highest BCUT2D eigenvalue weighted by Gasteiger charge is 2.54. The van der Waals surface area contributed by atoms with E-state index in [0.717, 1.165) is 12.8 Å². The van der Waals surface area contributed by atoms with Crippen molar-refractivity contribution >= 4 is 5.97 Å². The van der Waals surface area contributed by atoms with Gasteiger partial charge in [0, 0.05) is 0 Å². The third-order valence-electron chi connectivity index (χ3n) is 3.10. The lowest BCUT2D eigenvalue weighted by Gasteiger charge is -2.11. The van der Waals surface area contributed by atoms with Crippen LogP contribution in [0.25, 0.3) is 0 Å². The molecule has 0 bridgehead atoms. The van der Waals surface area contributed by atoms with E-state index in [0.29, 0.717) is 0 Å². The molecule has 2 heteroatoms. The summed E-state index contributed by atoms with van der Waals surface area (Å²) < 4.78 is 0. The third-order valence-corrected chi connectivity index (χ3v) is 3.10. The first-order valence-electron chi connectivity index (χ1n) is 3.97. The van der Waals surface area contributed by atoms with Crippen LogP contribution in [0.4, 0.5) is 0 Å². The predicted octanol–water partition coefficient (Wildman–Crippen LogP) is 1.65. The average Bonchev–Trinajstić information content (AvgIpc) is 2.42. The smallest absolute Gasteiger partial charge is 0.307 e. The summed E-state index contributed by atoms with van der Waals surface area (Å²) in [4.78, 5) is 10.7. The first-order valence-corrected chi connectivity index (χ1v) is 3.97. The first kappa shape index (κ1) is 6.20. The Balaban J connectivity index is 2.14. The predicted molar refractivity (Wildman–Crippen MR) is 36.6 cm³/mol. The van der Waals surface area contributed by atoms with Gasteiger partial charge in [-0.15, -0.1) is 0 Å². The minimum Gasteiger partial charge on any atom is -0.481 e. The number of aliphatic carboxylic acids is 1. The average molecular weight is 140 g/mol. The van der Waals surface area contributed by atoms with Gasteiger partial charge in [-0.05, 0) is 31.1 Å². The molecular weight excluding hydrogens is 128 g/mol. The molecule has 2 aliphatic carbocycles. The van der Waals surface area contributed by atoms with Gasteiger partial charge >= 0.3 is 5.97 Å². The Morgan fingerprint density at radius 3 is 2.50 bits per heavy atom. The Bertz CT molecular complexity index is 170. The van der Waals surface area contributed by atoms with E-state index >= 15 is 0 Å². The Morgan fingerprint density at radius 1 is 1.40 bits per heavy atom. The van der Waals surface area contributed by atoms with Crippen molar-refractivity contribution in [2.45, 2.75) is 32.1 Å². The van der Waals surface area contributed by atoms with Crippen molar-refractivity contribution in [3.63, 3.8) is 0 Å². The Kier molecular flexibility index (Phi) is 1.08. The molecule has 0 heterocycles. The van der Waals surface area contributed by atoms with Crippen LogP contribution < -0.4 is 0 Å². The quantitative estimate of drug-likeness (QED) is 0.601. The SMILES string of the molecule is O=C(O)C1CCCC12CC2. The van der Waals surface area contributed by atoms with Crippen LogP contribution >= 0.6 is 0 Å². The maximum Gasteiger partial charge on any atom is 0.307 e. The lowest BCUT2D eigenvalue weighted by Crippen LogP contribution is -2.18. The van der Waals surface area contributed by atoms with Crippen molar-refractivity contribution in [2.75, 3.05) is 0 Å². The van der Waals surface area contributed by atoms with E-state index < -0.39 is 5.97 Å². The molecule has 0 aromatic rings. The van der Waals surface area contributed by atoms with Crippen molar-refractivity contribution in [1.29, 1.82) is 0 Å². The van der Waals surface area contributed by atoms with Crippen LogP contribution in [0.3, 0.4) is 0 Å². The molecule has 0 aromatic heterocycles. The van der Waals surface area contributed by atoms with E-state index in [1.165, 1.54) is 19.3 Å². The van der Waals surface area contributed by atoms with E-state index in [9.17, 15) is 4.79 Å². The van der Waals surface area contributed by atoms with Crippen molar-refractivity contribution in [3.05, 3.63) is 0 Å². The molecule has 0 aliphatic heterocycles. The molecule has 1 N–H and O–H groups in total. The van der Waals surface area contributed by atoms with Crippen molar-refractivity contribution in [2.24, 2.45) is 11.3 Å². The summed E-state index contributed by atoms with van der Waals surface area (Å²) >= 11 is 0. The largest absolute Gasteiger partial charge is 0.481 e. The van der Waals surface area contributed by atoms with Crippen molar-refractivity contribution in [3.8, 4) is 0 Å². The van der Waals surface area contributed by atoms with Gasteiger partial charge in [0.15, 0.2) is 0 Å². The summed E-state index contributed by atoms with van der Waals surface area (Å²) in [5.41, 5.74) is 0.284. The molecule has 0 aromatic carbocycles. The zero-order valence-corrected chi connectivity index (χ0v) is 5.97. The molecule has 0 amide bonds. The van der Waals surface area contributed by atoms with Gasteiger partial charge in [-0.1, -0.05) is 6.42 Å². The molecular formula is C8H12O2. The maximum atomic E-state index is 10.7. The minimum atomic E-state index is -0.560. The van der Waals surface area contributed by atoms with Gasteiger partial charge in [-0.3, -0.25) is 4.79 Å². The summed E-state index contributed by atoms with van der Waals surface area (Å²) in [5, 5.41) is 8.79. The van der Waals surface area contributed by atoms with Gasteiger partial charge in [0.05, 0.1) is 5.92 Å². The Morgan fingerprint density at radius 2 is 2.10 bits per heavy atom. The fourth-order valence-corrected chi connectivity index (χ4v) is 2.28. The molecule has 2 fully saturated rings. The zero-order valence-electron chi connectivity index (χ0n) is 5.97. The molecule has 1 unspecified atom stereocenters. The molecule has 56 valence electrons. The number of rotatable bonds is 1. The maximum absolute atomic E-state index is 10.7. The zero-order chi connectivity index (χ0) is 7.19. The van der Waals surface area contributed by atoms with E-state index in [2.05, 4.69) is 0 Å². The Hall–Kier alpha value is -0.530. The van der Waals surface area contributed by atoms with Gasteiger partial charge in [-0.2, -0.15) is 0 Å². The number of carboxylic acid groups (broad SMARTS) is 1.